The van der Waals surface area contributed by atoms with Crippen LogP contribution in [-0.2, 0) is 0 Å². The fourth-order valence-corrected chi connectivity index (χ4v) is 3.15. The van der Waals surface area contributed by atoms with Crippen molar-refractivity contribution < 1.29 is 9.53 Å². The number of aldehydes is 1. The molecule has 0 saturated carbocycles. The number of carbonyl (C=O) groups excluding carboxylic acids is 1. The molecule has 0 N–H and O–H groups in total. The lowest BCUT2D eigenvalue weighted by atomic mass is 10.1. The third-order valence-corrected chi connectivity index (χ3v) is 4.69. The van der Waals surface area contributed by atoms with Crippen molar-refractivity contribution >= 4 is 29.5 Å². The second kappa shape index (κ2) is 7.89. The Kier molecular flexibility index (Phi) is 5.15. The first-order valence-electron chi connectivity index (χ1n) is 8.49. The van der Waals surface area contributed by atoms with Crippen LogP contribution in [0.5, 0.6) is 11.6 Å². The van der Waals surface area contributed by atoms with Crippen LogP contribution in [0.15, 0.2) is 78.9 Å². The van der Waals surface area contributed by atoms with E-state index in [1.807, 2.05) is 60.7 Å². The van der Waals surface area contributed by atoms with E-state index in [-0.39, 0.29) is 5.88 Å². The van der Waals surface area contributed by atoms with Gasteiger partial charge in [-0.1, -0.05) is 71.7 Å². The highest BCUT2D eigenvalue weighted by Crippen LogP contribution is 2.37. The summed E-state index contributed by atoms with van der Waals surface area (Å²) in [4.78, 5) is 12.0. The predicted octanol–water partition coefficient (Wildman–Crippen LogP) is 6.45. The van der Waals surface area contributed by atoms with Crippen LogP contribution in [0.4, 0.5) is 0 Å². The van der Waals surface area contributed by atoms with Crippen molar-refractivity contribution in [1.82, 2.24) is 9.78 Å². The Morgan fingerprint density at radius 1 is 0.893 bits per heavy atom. The highest BCUT2D eigenvalue weighted by Gasteiger charge is 2.22. The average molecular weight is 409 g/mol. The van der Waals surface area contributed by atoms with Gasteiger partial charge in [0.25, 0.3) is 0 Å². The third-order valence-electron chi connectivity index (χ3n) is 4.14. The van der Waals surface area contributed by atoms with Gasteiger partial charge in [-0.15, -0.1) is 0 Å². The number of halogens is 2. The van der Waals surface area contributed by atoms with E-state index in [4.69, 9.17) is 27.9 Å². The maximum Gasteiger partial charge on any atom is 0.233 e. The lowest BCUT2D eigenvalue weighted by Crippen LogP contribution is -2.00. The molecule has 0 aliphatic heterocycles. The van der Waals surface area contributed by atoms with Crippen molar-refractivity contribution in [1.29, 1.82) is 0 Å². The van der Waals surface area contributed by atoms with Gasteiger partial charge in [0.05, 0.1) is 10.7 Å². The van der Waals surface area contributed by atoms with Crippen LogP contribution in [0, 0.1) is 0 Å². The Bertz CT molecular complexity index is 1130. The molecule has 4 aromatic rings. The molecule has 0 bridgehead atoms. The predicted molar refractivity (Wildman–Crippen MR) is 111 cm³/mol. The quantitative estimate of drug-likeness (QED) is 0.356. The molecule has 0 aliphatic carbocycles. The van der Waals surface area contributed by atoms with E-state index in [0.29, 0.717) is 27.1 Å². The lowest BCUT2D eigenvalue weighted by molar-refractivity contribution is 0.112. The monoisotopic (exact) mass is 408 g/mol. The first-order chi connectivity index (χ1) is 13.7. The number of hydrogen-bond acceptors (Lipinski definition) is 3. The Morgan fingerprint density at radius 2 is 1.57 bits per heavy atom. The van der Waals surface area contributed by atoms with Gasteiger partial charge < -0.3 is 4.74 Å². The summed E-state index contributed by atoms with van der Waals surface area (Å²) >= 11 is 12.3. The van der Waals surface area contributed by atoms with E-state index in [2.05, 4.69) is 5.10 Å². The molecule has 138 valence electrons. The highest BCUT2D eigenvalue weighted by atomic mass is 35.5. The fourth-order valence-electron chi connectivity index (χ4n) is 2.83. The normalized spacial score (nSPS) is 10.6. The summed E-state index contributed by atoms with van der Waals surface area (Å²) in [6.45, 7) is 0. The Hall–Kier alpha value is -3.08. The van der Waals surface area contributed by atoms with Crippen molar-refractivity contribution in [2.24, 2.45) is 0 Å². The van der Waals surface area contributed by atoms with Crippen LogP contribution in [0.3, 0.4) is 0 Å². The maximum atomic E-state index is 12.0. The van der Waals surface area contributed by atoms with Gasteiger partial charge in [0.15, 0.2) is 6.29 Å². The summed E-state index contributed by atoms with van der Waals surface area (Å²) in [6.07, 6.45) is 0.739. The van der Waals surface area contributed by atoms with E-state index in [9.17, 15) is 4.79 Å². The van der Waals surface area contributed by atoms with Gasteiger partial charge in [-0.3, -0.25) is 4.79 Å². The zero-order valence-corrected chi connectivity index (χ0v) is 16.1. The average Bonchev–Trinajstić information content (AvgIpc) is 3.10. The van der Waals surface area contributed by atoms with E-state index in [1.165, 1.54) is 0 Å². The van der Waals surface area contributed by atoms with Gasteiger partial charge >= 0.3 is 0 Å². The van der Waals surface area contributed by atoms with Crippen LogP contribution in [0.1, 0.15) is 10.4 Å². The second-order valence-electron chi connectivity index (χ2n) is 5.98. The SMILES string of the molecule is O=Cc1c(-c2ccccc2)nn(-c2ccccc2)c1Oc1cc(Cl)ccc1Cl. The van der Waals surface area contributed by atoms with Crippen molar-refractivity contribution in [3.05, 3.63) is 94.5 Å². The van der Waals surface area contributed by atoms with Crippen molar-refractivity contribution in [3.63, 3.8) is 0 Å². The number of ether oxygens (including phenoxy) is 1. The molecular weight excluding hydrogens is 395 g/mol. The van der Waals surface area contributed by atoms with Gasteiger partial charge in [-0.2, -0.15) is 9.78 Å². The largest absolute Gasteiger partial charge is 0.436 e. The molecule has 0 radical (unpaired) electrons. The van der Waals surface area contributed by atoms with Gasteiger partial charge in [0, 0.05) is 16.7 Å². The molecule has 3 aromatic carbocycles. The summed E-state index contributed by atoms with van der Waals surface area (Å²) in [6, 6.07) is 23.8. The van der Waals surface area contributed by atoms with E-state index < -0.39 is 0 Å². The van der Waals surface area contributed by atoms with Crippen molar-refractivity contribution in [3.8, 4) is 28.6 Å². The molecule has 4 rings (SSSR count). The Morgan fingerprint density at radius 3 is 2.25 bits per heavy atom. The van der Waals surface area contributed by atoms with Crippen LogP contribution >= 0.6 is 23.2 Å². The number of para-hydroxylation sites is 1. The van der Waals surface area contributed by atoms with Crippen molar-refractivity contribution in [2.45, 2.75) is 0 Å². The van der Waals surface area contributed by atoms with Gasteiger partial charge in [-0.05, 0) is 24.3 Å². The molecule has 0 fully saturated rings. The number of benzene rings is 3. The Labute approximate surface area is 171 Å². The summed E-state index contributed by atoms with van der Waals surface area (Å²) < 4.78 is 7.64. The van der Waals surface area contributed by atoms with Crippen LogP contribution < -0.4 is 4.74 Å². The maximum absolute atomic E-state index is 12.0. The summed E-state index contributed by atoms with van der Waals surface area (Å²) in [5.41, 5.74) is 2.40. The highest BCUT2D eigenvalue weighted by molar-refractivity contribution is 6.34. The fraction of sp³-hybridized carbons (Fsp3) is 0. The lowest BCUT2D eigenvalue weighted by Gasteiger charge is -2.11. The van der Waals surface area contributed by atoms with Crippen LogP contribution in [0.25, 0.3) is 16.9 Å². The number of aromatic nitrogens is 2. The molecule has 0 atom stereocenters. The first kappa shape index (κ1) is 18.3. The molecule has 0 spiro atoms. The minimum atomic E-state index is 0.268. The van der Waals surface area contributed by atoms with Crippen molar-refractivity contribution in [2.75, 3.05) is 0 Å². The molecule has 4 nitrogen and oxygen atoms in total. The number of carbonyl (C=O) groups is 1. The standard InChI is InChI=1S/C22H14Cl2N2O2/c23-16-11-12-19(24)20(13-16)28-22-18(14-27)21(15-7-3-1-4-8-15)25-26(22)17-9-5-2-6-10-17/h1-14H. The second-order valence-corrected chi connectivity index (χ2v) is 6.82. The smallest absolute Gasteiger partial charge is 0.233 e. The zero-order chi connectivity index (χ0) is 19.5. The van der Waals surface area contributed by atoms with E-state index in [1.54, 1.807) is 22.9 Å². The summed E-state index contributed by atoms with van der Waals surface area (Å²) in [5.74, 6) is 0.609. The number of hydrogen-bond donors (Lipinski definition) is 0. The zero-order valence-electron chi connectivity index (χ0n) is 14.5. The van der Waals surface area contributed by atoms with Gasteiger partial charge in [0.2, 0.25) is 5.88 Å². The molecular formula is C22H14Cl2N2O2. The Balaban J connectivity index is 1.93. The summed E-state index contributed by atoms with van der Waals surface area (Å²) in [7, 11) is 0. The van der Waals surface area contributed by atoms with Gasteiger partial charge in [-0.25, -0.2) is 0 Å². The van der Waals surface area contributed by atoms with E-state index >= 15 is 0 Å². The van der Waals surface area contributed by atoms with Gasteiger partial charge in [0.1, 0.15) is 17.0 Å². The topological polar surface area (TPSA) is 44.1 Å². The molecule has 0 aliphatic rings. The minimum absolute atomic E-state index is 0.268. The number of nitrogens with zero attached hydrogens (tertiary/aromatic N) is 2. The minimum Gasteiger partial charge on any atom is -0.436 e. The first-order valence-corrected chi connectivity index (χ1v) is 9.25. The molecule has 1 heterocycles. The van der Waals surface area contributed by atoms with Crippen LogP contribution in [0.2, 0.25) is 10.0 Å². The summed E-state index contributed by atoms with van der Waals surface area (Å²) in [5, 5.41) is 5.51. The molecule has 6 heteroatoms. The third kappa shape index (κ3) is 3.52. The van der Waals surface area contributed by atoms with E-state index in [0.717, 1.165) is 17.5 Å². The molecule has 0 unspecified atom stereocenters. The molecule has 0 saturated heterocycles. The molecule has 28 heavy (non-hydrogen) atoms. The molecule has 1 aromatic heterocycles. The molecule has 0 amide bonds. The van der Waals surface area contributed by atoms with Crippen LogP contribution in [-0.4, -0.2) is 16.1 Å². The number of rotatable bonds is 5.